The molecule has 0 heterocycles. The highest BCUT2D eigenvalue weighted by Gasteiger charge is 2.31. The maximum Gasteiger partial charge on any atom is 0.338 e. The van der Waals surface area contributed by atoms with E-state index >= 15 is 4.39 Å². The Kier molecular flexibility index (Phi) is 11.3. The molecule has 0 radical (unpaired) electrons. The summed E-state index contributed by atoms with van der Waals surface area (Å²) >= 11 is 0. The molecule has 0 amide bonds. The van der Waals surface area contributed by atoms with Crippen molar-refractivity contribution in [1.29, 1.82) is 0 Å². The zero-order chi connectivity index (χ0) is 26.0. The molecular weight excluding hydrogens is 439 g/mol. The maximum atomic E-state index is 15.8. The maximum absolute atomic E-state index is 15.8. The Morgan fingerprint density at radius 2 is 1.80 bits per heavy atom. The SMILES string of the molecule is C=C(C1=C(C)CCCC1(C)C)/C(C)=C(\F)c1ccc(C(=O)OCCCCCCCC)cc1OCC. The molecule has 0 saturated heterocycles. The van der Waals surface area contributed by atoms with E-state index in [0.29, 0.717) is 35.7 Å². The molecule has 0 bridgehead atoms. The third kappa shape index (κ3) is 7.81. The molecule has 1 aliphatic rings. The molecule has 1 aromatic rings. The van der Waals surface area contributed by atoms with Crippen LogP contribution in [0.5, 0.6) is 5.75 Å². The second-order valence-electron chi connectivity index (χ2n) is 10.4. The van der Waals surface area contributed by atoms with E-state index in [9.17, 15) is 4.79 Å². The van der Waals surface area contributed by atoms with Crippen molar-refractivity contribution in [3.05, 3.63) is 58.2 Å². The zero-order valence-electron chi connectivity index (χ0n) is 22.8. The van der Waals surface area contributed by atoms with E-state index in [1.807, 2.05) is 6.92 Å². The van der Waals surface area contributed by atoms with Crippen LogP contribution in [0.3, 0.4) is 0 Å². The number of benzene rings is 1. The van der Waals surface area contributed by atoms with Gasteiger partial charge in [0.2, 0.25) is 0 Å². The highest BCUT2D eigenvalue weighted by Crippen LogP contribution is 2.46. The summed E-state index contributed by atoms with van der Waals surface area (Å²) in [6.07, 6.45) is 10.00. The molecule has 2 rings (SSSR count). The standard InChI is InChI=1S/C31H45FO3/c1-8-10-11-12-13-14-20-35-30(33)25-17-18-26(27(21-25)34-9-2)29(32)24(5)23(4)28-22(3)16-15-19-31(28,6)7/h17-18,21H,4,8-16,19-20H2,1-3,5-7H3/b29-24-. The van der Waals surface area contributed by atoms with Crippen LogP contribution in [0.15, 0.2) is 47.1 Å². The molecule has 1 aliphatic carbocycles. The van der Waals surface area contributed by atoms with Crippen LogP contribution in [0.2, 0.25) is 0 Å². The second kappa shape index (κ2) is 13.7. The average Bonchev–Trinajstić information content (AvgIpc) is 2.81. The van der Waals surface area contributed by atoms with Gasteiger partial charge in [0, 0.05) is 0 Å². The van der Waals surface area contributed by atoms with Gasteiger partial charge >= 0.3 is 5.97 Å². The molecular formula is C31H45FO3. The first-order valence-electron chi connectivity index (χ1n) is 13.3. The van der Waals surface area contributed by atoms with Crippen molar-refractivity contribution in [1.82, 2.24) is 0 Å². The summed E-state index contributed by atoms with van der Waals surface area (Å²) in [6.45, 7) is 17.4. The van der Waals surface area contributed by atoms with Crippen molar-refractivity contribution < 1.29 is 18.7 Å². The summed E-state index contributed by atoms with van der Waals surface area (Å²) in [5, 5.41) is 0. The Morgan fingerprint density at radius 3 is 2.46 bits per heavy atom. The summed E-state index contributed by atoms with van der Waals surface area (Å²) < 4.78 is 27.0. The Morgan fingerprint density at radius 1 is 1.11 bits per heavy atom. The van der Waals surface area contributed by atoms with Gasteiger partial charge in [-0.1, -0.05) is 65.0 Å². The largest absolute Gasteiger partial charge is 0.493 e. The van der Waals surface area contributed by atoms with Crippen LogP contribution in [0.4, 0.5) is 4.39 Å². The first-order valence-corrected chi connectivity index (χ1v) is 13.3. The van der Waals surface area contributed by atoms with Gasteiger partial charge in [-0.3, -0.25) is 0 Å². The molecule has 0 atom stereocenters. The van der Waals surface area contributed by atoms with Crippen molar-refractivity contribution in [3.63, 3.8) is 0 Å². The summed E-state index contributed by atoms with van der Waals surface area (Å²) in [5.74, 6) is -0.423. The minimum Gasteiger partial charge on any atom is -0.493 e. The van der Waals surface area contributed by atoms with Crippen LogP contribution in [-0.2, 0) is 4.74 Å². The predicted octanol–water partition coefficient (Wildman–Crippen LogP) is 9.39. The van der Waals surface area contributed by atoms with Gasteiger partial charge in [-0.25, -0.2) is 9.18 Å². The lowest BCUT2D eigenvalue weighted by molar-refractivity contribution is 0.0497. The average molecular weight is 485 g/mol. The van der Waals surface area contributed by atoms with Crippen molar-refractivity contribution in [2.45, 2.75) is 99.3 Å². The van der Waals surface area contributed by atoms with E-state index in [-0.39, 0.29) is 11.2 Å². The number of allylic oxidation sites excluding steroid dienone is 4. The number of carbonyl (C=O) groups excluding carboxylic acids is 1. The van der Waals surface area contributed by atoms with Crippen molar-refractivity contribution in [2.24, 2.45) is 5.41 Å². The van der Waals surface area contributed by atoms with Crippen LogP contribution in [0.25, 0.3) is 5.83 Å². The number of rotatable bonds is 13. The van der Waals surface area contributed by atoms with Gasteiger partial charge < -0.3 is 9.47 Å². The summed E-state index contributed by atoms with van der Waals surface area (Å²) in [4.78, 5) is 12.6. The Hall–Kier alpha value is -2.36. The Labute approximate surface area is 212 Å². The number of ether oxygens (including phenoxy) is 2. The third-order valence-corrected chi connectivity index (χ3v) is 7.03. The van der Waals surface area contributed by atoms with E-state index in [1.54, 1.807) is 25.1 Å². The molecule has 3 nitrogen and oxygen atoms in total. The summed E-state index contributed by atoms with van der Waals surface area (Å²) in [7, 11) is 0. The highest BCUT2D eigenvalue weighted by atomic mass is 19.1. The van der Waals surface area contributed by atoms with Gasteiger partial charge in [-0.15, -0.1) is 0 Å². The minimum atomic E-state index is -0.402. The molecule has 0 N–H and O–H groups in total. The van der Waals surface area contributed by atoms with E-state index in [4.69, 9.17) is 9.47 Å². The molecule has 0 aromatic heterocycles. The fourth-order valence-corrected chi connectivity index (χ4v) is 5.05. The zero-order valence-corrected chi connectivity index (χ0v) is 22.8. The number of carbonyl (C=O) groups is 1. The topological polar surface area (TPSA) is 35.5 Å². The number of esters is 1. The van der Waals surface area contributed by atoms with Crippen LogP contribution in [0.1, 0.15) is 115 Å². The number of hydrogen-bond donors (Lipinski definition) is 0. The highest BCUT2D eigenvalue weighted by molar-refractivity contribution is 5.91. The van der Waals surface area contributed by atoms with Gasteiger partial charge in [0.05, 0.1) is 24.3 Å². The van der Waals surface area contributed by atoms with E-state index in [2.05, 4.69) is 34.3 Å². The first-order chi connectivity index (χ1) is 16.6. The van der Waals surface area contributed by atoms with E-state index in [0.717, 1.165) is 43.3 Å². The summed E-state index contributed by atoms with van der Waals surface area (Å²) in [6, 6.07) is 4.82. The summed E-state index contributed by atoms with van der Waals surface area (Å²) in [5.41, 5.74) is 4.37. The van der Waals surface area contributed by atoms with Crippen molar-refractivity contribution >= 4 is 11.8 Å². The molecule has 0 unspecified atom stereocenters. The predicted molar refractivity (Wildman–Crippen MR) is 144 cm³/mol. The lowest BCUT2D eigenvalue weighted by Crippen LogP contribution is -2.22. The Balaban J connectivity index is 2.20. The molecule has 0 saturated carbocycles. The van der Waals surface area contributed by atoms with Gasteiger partial charge in [-0.2, -0.15) is 0 Å². The number of halogens is 1. The van der Waals surface area contributed by atoms with E-state index < -0.39 is 5.97 Å². The second-order valence-corrected chi connectivity index (χ2v) is 10.4. The van der Waals surface area contributed by atoms with E-state index in [1.165, 1.54) is 31.3 Å². The molecule has 35 heavy (non-hydrogen) atoms. The van der Waals surface area contributed by atoms with Gasteiger partial charge in [0.15, 0.2) is 0 Å². The number of unbranched alkanes of at least 4 members (excludes halogenated alkanes) is 5. The fraction of sp³-hybridized carbons (Fsp3) is 0.581. The monoisotopic (exact) mass is 484 g/mol. The molecule has 0 spiro atoms. The van der Waals surface area contributed by atoms with Crippen LogP contribution in [-0.4, -0.2) is 19.2 Å². The molecule has 194 valence electrons. The fourth-order valence-electron chi connectivity index (χ4n) is 5.05. The molecule has 4 heteroatoms. The normalized spacial score (nSPS) is 16.1. The molecule has 0 aliphatic heterocycles. The van der Waals surface area contributed by atoms with Crippen molar-refractivity contribution in [3.8, 4) is 5.75 Å². The molecule has 0 fully saturated rings. The van der Waals surface area contributed by atoms with Crippen LogP contribution >= 0.6 is 0 Å². The smallest absolute Gasteiger partial charge is 0.338 e. The minimum absolute atomic E-state index is 0.0344. The van der Waals surface area contributed by atoms with Crippen LogP contribution < -0.4 is 4.74 Å². The lowest BCUT2D eigenvalue weighted by Gasteiger charge is -2.36. The third-order valence-electron chi connectivity index (χ3n) is 7.03. The number of hydrogen-bond acceptors (Lipinski definition) is 3. The van der Waals surface area contributed by atoms with Gasteiger partial charge in [0.1, 0.15) is 11.6 Å². The van der Waals surface area contributed by atoms with Gasteiger partial charge in [0.25, 0.3) is 0 Å². The quantitative estimate of drug-likeness (QED) is 0.159. The van der Waals surface area contributed by atoms with Gasteiger partial charge in [-0.05, 0) is 86.8 Å². The van der Waals surface area contributed by atoms with Crippen LogP contribution in [0, 0.1) is 5.41 Å². The molecule has 1 aromatic carbocycles. The van der Waals surface area contributed by atoms with Crippen molar-refractivity contribution in [2.75, 3.05) is 13.2 Å². The Bertz CT molecular complexity index is 952. The first kappa shape index (κ1) is 28.9. The lowest BCUT2D eigenvalue weighted by atomic mass is 9.69.